The van der Waals surface area contributed by atoms with Crippen molar-refractivity contribution in [1.82, 2.24) is 0 Å². The van der Waals surface area contributed by atoms with Crippen LogP contribution in [0.25, 0.3) is 0 Å². The van der Waals surface area contributed by atoms with Gasteiger partial charge in [0.1, 0.15) is 0 Å². The fourth-order valence-corrected chi connectivity index (χ4v) is 22.2. The van der Waals surface area contributed by atoms with E-state index in [1.165, 1.54) is 63.4 Å². The number of phenols is 1. The molecule has 0 amide bonds. The Morgan fingerprint density at radius 1 is 0.950 bits per heavy atom. The number of allylic oxidation sites excluding steroid dienone is 1. The third-order valence-corrected chi connectivity index (χ3v) is 24.6. The zero-order valence-corrected chi connectivity index (χ0v) is 30.0. The van der Waals surface area contributed by atoms with E-state index in [1.54, 1.807) is 13.3 Å². The summed E-state index contributed by atoms with van der Waals surface area (Å²) in [7, 11) is 0. The van der Waals surface area contributed by atoms with E-state index in [1.807, 2.05) is 6.07 Å². The Balaban J connectivity index is 1.64. The van der Waals surface area contributed by atoms with Crippen molar-refractivity contribution in [1.29, 1.82) is 0 Å². The molecule has 4 heteroatoms. The number of hydrogen-bond acceptors (Lipinski definition) is 3. The number of ether oxygens (including phenoxy) is 1. The summed E-state index contributed by atoms with van der Waals surface area (Å²) in [5, 5.41) is 21.6. The van der Waals surface area contributed by atoms with Gasteiger partial charge in [0.25, 0.3) is 0 Å². The van der Waals surface area contributed by atoms with Gasteiger partial charge in [0.15, 0.2) is 0 Å². The summed E-state index contributed by atoms with van der Waals surface area (Å²) in [5.41, 5.74) is 1.78. The first-order valence-electron chi connectivity index (χ1n) is 16.9. The van der Waals surface area contributed by atoms with Gasteiger partial charge in [-0.1, -0.05) is 0 Å². The van der Waals surface area contributed by atoms with Crippen LogP contribution in [0.4, 0.5) is 0 Å². The summed E-state index contributed by atoms with van der Waals surface area (Å²) in [6.07, 6.45) is 17.8. The molecule has 1 aromatic rings. The predicted molar refractivity (Wildman–Crippen MR) is 174 cm³/mol. The van der Waals surface area contributed by atoms with Gasteiger partial charge in [0, 0.05) is 5.92 Å². The van der Waals surface area contributed by atoms with Gasteiger partial charge in [-0.15, -0.1) is 0 Å². The normalized spacial score (nSPS) is 22.6. The van der Waals surface area contributed by atoms with Crippen LogP contribution in [0.15, 0.2) is 22.3 Å². The number of unbranched alkanes of at least 4 members (excludes halogenated alkanes) is 5. The average Bonchev–Trinajstić information content (AvgIpc) is 2.90. The van der Waals surface area contributed by atoms with Crippen molar-refractivity contribution in [2.75, 3.05) is 0 Å². The molecule has 3 atom stereocenters. The molecule has 1 heterocycles. The van der Waals surface area contributed by atoms with Gasteiger partial charge in [0.05, 0.1) is 6.10 Å². The number of hydrogen-bond donors (Lipinski definition) is 2. The molecule has 0 bridgehead atoms. The predicted octanol–water partition coefficient (Wildman–Crippen LogP) is 10.6. The number of aliphatic hydroxyl groups excluding tert-OH is 1. The van der Waals surface area contributed by atoms with Crippen LogP contribution < -0.4 is 4.74 Å². The average molecular weight is 662 g/mol. The monoisotopic (exact) mass is 662 g/mol. The van der Waals surface area contributed by atoms with Crippen molar-refractivity contribution in [3.05, 3.63) is 33.4 Å². The van der Waals surface area contributed by atoms with Crippen LogP contribution in [0.5, 0.6) is 11.5 Å². The Morgan fingerprint density at radius 3 is 2.17 bits per heavy atom. The van der Waals surface area contributed by atoms with Crippen molar-refractivity contribution < 1.29 is 14.9 Å². The van der Waals surface area contributed by atoms with Crippen molar-refractivity contribution in [2.24, 2.45) is 5.92 Å². The fraction of sp³-hybridized carbons (Fsp3) is 0.778. The molecule has 0 spiro atoms. The van der Waals surface area contributed by atoms with E-state index in [-0.39, 0.29) is 23.0 Å². The van der Waals surface area contributed by atoms with Crippen LogP contribution in [0.2, 0.25) is 13.3 Å². The number of aromatic hydroxyl groups is 1. The van der Waals surface area contributed by atoms with Crippen molar-refractivity contribution in [3.63, 3.8) is 0 Å². The summed E-state index contributed by atoms with van der Waals surface area (Å²) in [5.74, 6) is 1.69. The Bertz CT molecular complexity index is 928. The number of rotatable bonds is 16. The van der Waals surface area contributed by atoms with Gasteiger partial charge in [0.2, 0.25) is 0 Å². The second-order valence-corrected chi connectivity index (χ2v) is 27.5. The molecule has 0 aromatic heterocycles. The molecule has 2 aliphatic rings. The van der Waals surface area contributed by atoms with E-state index in [0.717, 1.165) is 37.0 Å². The van der Waals surface area contributed by atoms with E-state index >= 15 is 0 Å². The number of aliphatic hydroxyl groups is 1. The second-order valence-electron chi connectivity index (χ2n) is 14.5. The molecular weight excluding hydrogens is 599 g/mol. The molecule has 2 N–H and O–H groups in total. The maximum atomic E-state index is 11.2. The summed E-state index contributed by atoms with van der Waals surface area (Å²) in [6, 6.07) is 4.20. The molecule has 40 heavy (non-hydrogen) atoms. The molecule has 1 aliphatic carbocycles. The van der Waals surface area contributed by atoms with Gasteiger partial charge in [-0.2, -0.15) is 0 Å². The summed E-state index contributed by atoms with van der Waals surface area (Å²) in [6.45, 7) is 16.1. The van der Waals surface area contributed by atoms with E-state index in [0.29, 0.717) is 11.7 Å². The molecular formula is C36H62O3Sn. The van der Waals surface area contributed by atoms with Crippen molar-refractivity contribution in [2.45, 2.75) is 168 Å². The third-order valence-electron chi connectivity index (χ3n) is 10.3. The molecule has 3 nitrogen and oxygen atoms in total. The topological polar surface area (TPSA) is 49.7 Å². The molecule has 1 aromatic carbocycles. The molecule has 1 saturated carbocycles. The first kappa shape index (κ1) is 33.8. The summed E-state index contributed by atoms with van der Waals surface area (Å²) < 4.78 is 14.1. The Hall–Kier alpha value is -0.681. The van der Waals surface area contributed by atoms with Crippen LogP contribution >= 0.6 is 0 Å². The minimum atomic E-state index is -2.17. The fourth-order valence-electron chi connectivity index (χ4n) is 7.64. The van der Waals surface area contributed by atoms with Crippen molar-refractivity contribution in [3.8, 4) is 11.5 Å². The van der Waals surface area contributed by atoms with Crippen LogP contribution in [-0.4, -0.2) is 40.3 Å². The summed E-state index contributed by atoms with van der Waals surface area (Å²) in [4.78, 5) is 0. The van der Waals surface area contributed by atoms with Crippen LogP contribution in [0.3, 0.4) is 0 Å². The van der Waals surface area contributed by atoms with E-state index < -0.39 is 18.4 Å². The summed E-state index contributed by atoms with van der Waals surface area (Å²) >= 11 is -2.17. The molecule has 0 unspecified atom stereocenters. The van der Waals surface area contributed by atoms with Crippen LogP contribution in [0, 0.1) is 5.92 Å². The molecule has 3 rings (SSSR count). The zero-order valence-electron chi connectivity index (χ0n) is 27.2. The molecule has 0 radical (unpaired) electrons. The zero-order chi connectivity index (χ0) is 29.4. The van der Waals surface area contributed by atoms with Gasteiger partial charge >= 0.3 is 202 Å². The molecule has 1 aliphatic heterocycles. The van der Waals surface area contributed by atoms with Gasteiger partial charge in [-0.25, -0.2) is 0 Å². The van der Waals surface area contributed by atoms with Crippen LogP contribution in [-0.2, 0) is 5.41 Å². The first-order chi connectivity index (χ1) is 19.0. The standard InChI is InChI=1S/C24H35O3.3C4H9.Sn/c1-6-7-8-9-12-23(2,3)16-13-20(26)22-18-15-17(25)10-11-19(18)24(4,5)27-21(22)14-16;3*1-3-4-2;/h1,6,13-14,17-19,25-26H,7-12,15H2,2-5H3;3*1,3-4H2,2H3;/t17-,18+,19+;;;;/m0..../s1. The maximum absolute atomic E-state index is 11.2. The minimum absolute atomic E-state index is 0.0287. The Kier molecular flexibility index (Phi) is 12.8. The SMILES string of the molecule is CCC[CH2][Sn](/[CH]=C/CCCCC(C)(C)c1cc(O)c2c(c1)OC(C)(C)[C@@H]1CC[C@H](O)C[C@@H]21)([CH2]CCC)[CH2]CCC. The quantitative estimate of drug-likeness (QED) is 0.137. The van der Waals surface area contributed by atoms with Gasteiger partial charge in [-0.3, -0.25) is 0 Å². The van der Waals surface area contributed by atoms with Gasteiger partial charge < -0.3 is 5.11 Å². The first-order valence-corrected chi connectivity index (χ1v) is 24.6. The number of fused-ring (bicyclic) bond motifs is 3. The van der Waals surface area contributed by atoms with E-state index in [4.69, 9.17) is 4.74 Å². The molecule has 228 valence electrons. The van der Waals surface area contributed by atoms with Gasteiger partial charge in [-0.05, 0) is 33.1 Å². The third kappa shape index (κ3) is 8.68. The molecule has 0 saturated heterocycles. The van der Waals surface area contributed by atoms with Crippen LogP contribution in [0.1, 0.15) is 149 Å². The van der Waals surface area contributed by atoms with Crippen molar-refractivity contribution >= 4 is 18.4 Å². The molecule has 1 fully saturated rings. The second kappa shape index (κ2) is 15.2. The Morgan fingerprint density at radius 2 is 1.57 bits per heavy atom. The Labute approximate surface area is 251 Å². The number of phenolic OH excluding ortho intramolecular Hbond substituents is 1. The van der Waals surface area contributed by atoms with E-state index in [2.05, 4.69) is 64.7 Å². The van der Waals surface area contributed by atoms with E-state index in [9.17, 15) is 10.2 Å². The number of benzene rings is 1.